The molecule has 0 aliphatic heterocycles. The molecule has 4 rings (SSSR count). The molecular weight excluding hydrogens is 528 g/mol. The van der Waals surface area contributed by atoms with Crippen molar-refractivity contribution in [3.8, 4) is 17.6 Å². The van der Waals surface area contributed by atoms with Crippen LogP contribution in [0.4, 0.5) is 15.8 Å². The number of rotatable bonds is 9. The molecule has 3 N–H and O–H groups in total. The zero-order valence-corrected chi connectivity index (χ0v) is 21.0. The molecule has 4 aromatic rings. The normalized spacial score (nSPS) is 10.8. The van der Waals surface area contributed by atoms with Gasteiger partial charge in [-0.1, -0.05) is 40.9 Å². The van der Waals surface area contributed by atoms with E-state index in [-0.39, 0.29) is 28.6 Å². The van der Waals surface area contributed by atoms with Gasteiger partial charge >= 0.3 is 0 Å². The number of aromatic nitrogens is 2. The maximum absolute atomic E-state index is 14.9. The molecule has 2 aromatic heterocycles. The van der Waals surface area contributed by atoms with Crippen LogP contribution in [0, 0.1) is 17.1 Å². The summed E-state index contributed by atoms with van der Waals surface area (Å²) in [4.78, 5) is 8.44. The number of pyridine rings is 2. The zero-order chi connectivity index (χ0) is 25.7. The summed E-state index contributed by atoms with van der Waals surface area (Å²) in [6, 6.07) is 13.0. The van der Waals surface area contributed by atoms with Crippen LogP contribution in [0.15, 0.2) is 48.7 Å². The van der Waals surface area contributed by atoms with Gasteiger partial charge in [0.15, 0.2) is 11.6 Å². The van der Waals surface area contributed by atoms with E-state index in [4.69, 9.17) is 50.0 Å². The summed E-state index contributed by atoms with van der Waals surface area (Å²) in [6.07, 6.45) is 2.07. The number of nitrogens with two attached hydrogens (primary N) is 1. The van der Waals surface area contributed by atoms with Crippen LogP contribution < -0.4 is 20.5 Å². The number of fused-ring (bicyclic) bond motifs is 1. The van der Waals surface area contributed by atoms with Gasteiger partial charge in [-0.2, -0.15) is 5.26 Å². The Kier molecular flexibility index (Phi) is 8.28. The van der Waals surface area contributed by atoms with Gasteiger partial charge in [0.1, 0.15) is 23.6 Å². The van der Waals surface area contributed by atoms with E-state index >= 15 is 0 Å². The third-order valence-corrected chi connectivity index (χ3v) is 5.90. The number of hydrogen-bond acceptors (Lipinski definition) is 7. The number of nitriles is 1. The summed E-state index contributed by atoms with van der Waals surface area (Å²) in [5.41, 5.74) is 7.39. The second kappa shape index (κ2) is 11.6. The zero-order valence-electron chi connectivity index (χ0n) is 18.7. The molecule has 11 heteroatoms. The predicted molar refractivity (Wildman–Crippen MR) is 139 cm³/mol. The first-order chi connectivity index (χ1) is 17.4. The maximum Gasteiger partial charge on any atom is 0.167 e. The number of hydrogen-bond donors (Lipinski definition) is 2. The number of anilines is 2. The molecule has 0 radical (unpaired) electrons. The standard InChI is InChI=1S/C25H19Cl3FN5O2/c26-17-8-23(36-13-15-3-1-4-24(28)33-15)19(29)9-21(17)34-25-14(11-31)12-32-20-10-22(35-6-2-5-30)18(27)7-16(20)25/h1,3-4,7-10,12H,2,5-6,13,30H2,(H,32,34). The van der Waals surface area contributed by atoms with Gasteiger partial charge in [-0.15, -0.1) is 0 Å². The molecule has 0 spiro atoms. The van der Waals surface area contributed by atoms with Gasteiger partial charge < -0.3 is 20.5 Å². The van der Waals surface area contributed by atoms with Gasteiger partial charge in [-0.05, 0) is 31.2 Å². The van der Waals surface area contributed by atoms with Crippen LogP contribution in [0.2, 0.25) is 15.2 Å². The van der Waals surface area contributed by atoms with Crippen molar-refractivity contribution in [2.24, 2.45) is 5.73 Å². The second-order valence-corrected chi connectivity index (χ2v) is 8.78. The van der Waals surface area contributed by atoms with Crippen LogP contribution in [-0.4, -0.2) is 23.1 Å². The van der Waals surface area contributed by atoms with Gasteiger partial charge in [0.2, 0.25) is 0 Å². The van der Waals surface area contributed by atoms with Crippen molar-refractivity contribution in [3.63, 3.8) is 0 Å². The average Bonchev–Trinajstić information content (AvgIpc) is 2.86. The third-order valence-electron chi connectivity index (χ3n) is 5.08. The smallest absolute Gasteiger partial charge is 0.167 e. The van der Waals surface area contributed by atoms with Crippen LogP contribution in [-0.2, 0) is 6.61 Å². The van der Waals surface area contributed by atoms with E-state index in [0.717, 1.165) is 0 Å². The van der Waals surface area contributed by atoms with Gasteiger partial charge in [0.25, 0.3) is 0 Å². The van der Waals surface area contributed by atoms with Crippen LogP contribution in [0.3, 0.4) is 0 Å². The molecule has 0 unspecified atom stereocenters. The summed E-state index contributed by atoms with van der Waals surface area (Å²) in [7, 11) is 0. The Balaban J connectivity index is 1.63. The molecule has 0 amide bonds. The molecule has 7 nitrogen and oxygen atoms in total. The molecule has 0 saturated heterocycles. The molecule has 36 heavy (non-hydrogen) atoms. The van der Waals surface area contributed by atoms with Crippen LogP contribution in [0.1, 0.15) is 17.7 Å². The van der Waals surface area contributed by atoms with E-state index < -0.39 is 5.82 Å². The van der Waals surface area contributed by atoms with E-state index in [1.807, 2.05) is 0 Å². The van der Waals surface area contributed by atoms with Gasteiger partial charge in [-0.3, -0.25) is 4.98 Å². The Hall–Kier alpha value is -3.35. The molecule has 0 bridgehead atoms. The topological polar surface area (TPSA) is 106 Å². The number of halogens is 4. The fourth-order valence-electron chi connectivity index (χ4n) is 3.34. The lowest BCUT2D eigenvalue weighted by Crippen LogP contribution is -2.06. The molecule has 184 valence electrons. The van der Waals surface area contributed by atoms with Gasteiger partial charge in [-0.25, -0.2) is 9.37 Å². The first kappa shape index (κ1) is 25.7. The summed E-state index contributed by atoms with van der Waals surface area (Å²) < 4.78 is 26.1. The average molecular weight is 547 g/mol. The molecule has 0 saturated carbocycles. The Labute approximate surface area is 221 Å². The molecule has 0 atom stereocenters. The van der Waals surface area contributed by atoms with E-state index in [1.165, 1.54) is 18.3 Å². The molecule has 0 aliphatic carbocycles. The molecule has 2 heterocycles. The molecular formula is C25H19Cl3FN5O2. The summed E-state index contributed by atoms with van der Waals surface area (Å²) in [5.74, 6) is -0.273. The Morgan fingerprint density at radius 1 is 1.06 bits per heavy atom. The summed E-state index contributed by atoms with van der Waals surface area (Å²) >= 11 is 18.7. The third kappa shape index (κ3) is 5.89. The van der Waals surface area contributed by atoms with E-state index in [1.54, 1.807) is 30.3 Å². The molecule has 2 aromatic carbocycles. The van der Waals surface area contributed by atoms with Crippen molar-refractivity contribution in [3.05, 3.63) is 80.9 Å². The Bertz CT molecular complexity index is 1460. The Morgan fingerprint density at radius 2 is 1.89 bits per heavy atom. The fraction of sp³-hybridized carbons (Fsp3) is 0.160. The highest BCUT2D eigenvalue weighted by atomic mass is 35.5. The van der Waals surface area contributed by atoms with Gasteiger partial charge in [0.05, 0.1) is 44.8 Å². The van der Waals surface area contributed by atoms with E-state index in [9.17, 15) is 9.65 Å². The minimum Gasteiger partial charge on any atom is -0.492 e. The lowest BCUT2D eigenvalue weighted by atomic mass is 10.1. The monoisotopic (exact) mass is 545 g/mol. The van der Waals surface area contributed by atoms with Crippen molar-refractivity contribution >= 4 is 57.1 Å². The molecule has 0 aliphatic rings. The van der Waals surface area contributed by atoms with Crippen LogP contribution >= 0.6 is 34.8 Å². The number of nitrogens with one attached hydrogen (secondary N) is 1. The number of ether oxygens (including phenoxy) is 2. The van der Waals surface area contributed by atoms with Crippen molar-refractivity contribution < 1.29 is 13.9 Å². The highest BCUT2D eigenvalue weighted by Crippen LogP contribution is 2.38. The lowest BCUT2D eigenvalue weighted by molar-refractivity contribution is 0.286. The largest absolute Gasteiger partial charge is 0.492 e. The quantitative estimate of drug-likeness (QED) is 0.179. The minimum absolute atomic E-state index is 0.00232. The second-order valence-electron chi connectivity index (χ2n) is 7.58. The fourth-order valence-corrected chi connectivity index (χ4v) is 3.94. The maximum atomic E-state index is 14.9. The van der Waals surface area contributed by atoms with E-state index in [2.05, 4.69) is 21.4 Å². The number of nitrogens with zero attached hydrogens (tertiary/aromatic N) is 3. The van der Waals surface area contributed by atoms with Crippen molar-refractivity contribution in [1.82, 2.24) is 9.97 Å². The van der Waals surface area contributed by atoms with Crippen molar-refractivity contribution in [2.75, 3.05) is 18.5 Å². The minimum atomic E-state index is -0.658. The first-order valence-corrected chi connectivity index (χ1v) is 11.9. The summed E-state index contributed by atoms with van der Waals surface area (Å²) in [6.45, 7) is 0.893. The van der Waals surface area contributed by atoms with Gasteiger partial charge in [0, 0.05) is 29.8 Å². The molecule has 0 fully saturated rings. The van der Waals surface area contributed by atoms with Crippen molar-refractivity contribution in [1.29, 1.82) is 5.26 Å². The van der Waals surface area contributed by atoms with Crippen LogP contribution in [0.25, 0.3) is 10.9 Å². The highest BCUT2D eigenvalue weighted by molar-refractivity contribution is 6.34. The lowest BCUT2D eigenvalue weighted by Gasteiger charge is -2.16. The Morgan fingerprint density at radius 3 is 2.64 bits per heavy atom. The summed E-state index contributed by atoms with van der Waals surface area (Å²) in [5, 5.41) is 14.0. The SMILES string of the molecule is N#Cc1cnc2cc(OCCCN)c(Cl)cc2c1Nc1cc(F)c(OCc2cccc(Cl)n2)cc1Cl. The van der Waals surface area contributed by atoms with Crippen molar-refractivity contribution in [2.45, 2.75) is 13.0 Å². The number of benzene rings is 2. The highest BCUT2D eigenvalue weighted by Gasteiger charge is 2.16. The first-order valence-electron chi connectivity index (χ1n) is 10.7. The van der Waals surface area contributed by atoms with Crippen LogP contribution in [0.5, 0.6) is 11.5 Å². The predicted octanol–water partition coefficient (Wildman–Crippen LogP) is 6.65. The van der Waals surface area contributed by atoms with E-state index in [0.29, 0.717) is 57.8 Å².